The molecule has 35 heavy (non-hydrogen) atoms. The number of carbonyl (C=O) groups excluding carboxylic acids is 1. The first-order valence-electron chi connectivity index (χ1n) is 11.8. The lowest BCUT2D eigenvalue weighted by molar-refractivity contribution is -0.111. The van der Waals surface area contributed by atoms with Crippen molar-refractivity contribution in [3.05, 3.63) is 84.6 Å². The molecule has 0 spiro atoms. The summed E-state index contributed by atoms with van der Waals surface area (Å²) in [6, 6.07) is 10.1. The van der Waals surface area contributed by atoms with E-state index < -0.39 is 0 Å². The van der Waals surface area contributed by atoms with Gasteiger partial charge in [-0.15, -0.1) is 10.2 Å². The molecular weight excluding hydrogens is 442 g/mol. The van der Waals surface area contributed by atoms with Crippen LogP contribution in [0.2, 0.25) is 0 Å². The monoisotopic (exact) mass is 469 g/mol. The van der Waals surface area contributed by atoms with Gasteiger partial charge in [0, 0.05) is 47.9 Å². The minimum atomic E-state index is -0.205. The lowest BCUT2D eigenvalue weighted by Gasteiger charge is -2.22. The molecule has 1 fully saturated rings. The maximum absolute atomic E-state index is 12.5. The maximum Gasteiger partial charge on any atom is 0.248 e. The van der Waals surface area contributed by atoms with E-state index >= 15 is 0 Å². The van der Waals surface area contributed by atoms with Gasteiger partial charge in [-0.25, -0.2) is 0 Å². The van der Waals surface area contributed by atoms with Gasteiger partial charge in [-0.3, -0.25) is 14.5 Å². The van der Waals surface area contributed by atoms with E-state index in [1.165, 1.54) is 12.5 Å². The molecule has 0 unspecified atom stereocenters. The molecule has 5 rings (SSSR count). The van der Waals surface area contributed by atoms with Crippen LogP contribution in [0, 0.1) is 0 Å². The van der Waals surface area contributed by atoms with Crippen LogP contribution in [-0.4, -0.2) is 44.0 Å². The molecule has 0 atom stereocenters. The Bertz CT molecular complexity index is 1270. The number of pyridine rings is 1. The van der Waals surface area contributed by atoms with Crippen LogP contribution in [0.15, 0.2) is 72.0 Å². The predicted molar refractivity (Wildman–Crippen MR) is 132 cm³/mol. The Hall–Kier alpha value is -4.11. The average Bonchev–Trinajstić information content (AvgIpc) is 3.61. The van der Waals surface area contributed by atoms with E-state index in [4.69, 9.17) is 4.42 Å². The Morgan fingerprint density at radius 2 is 2.00 bits per heavy atom. The summed E-state index contributed by atoms with van der Waals surface area (Å²) in [5.41, 5.74) is 4.73. The largest absolute Gasteiger partial charge is 0.428 e. The number of amides is 1. The first-order chi connectivity index (χ1) is 17.2. The van der Waals surface area contributed by atoms with Gasteiger partial charge in [-0.2, -0.15) is 5.10 Å². The Morgan fingerprint density at radius 3 is 2.80 bits per heavy atom. The van der Waals surface area contributed by atoms with Crippen molar-refractivity contribution in [1.82, 2.24) is 30.3 Å². The molecule has 1 saturated heterocycles. The van der Waals surface area contributed by atoms with Gasteiger partial charge in [0.1, 0.15) is 0 Å². The summed E-state index contributed by atoms with van der Waals surface area (Å²) in [6.07, 6.45) is 15.8. The van der Waals surface area contributed by atoms with E-state index in [0.717, 1.165) is 60.3 Å². The fourth-order valence-corrected chi connectivity index (χ4v) is 4.21. The minimum Gasteiger partial charge on any atom is -0.428 e. The average molecular weight is 470 g/mol. The van der Waals surface area contributed by atoms with Crippen molar-refractivity contribution < 1.29 is 9.21 Å². The zero-order valence-electron chi connectivity index (χ0n) is 19.3. The molecule has 1 amide bonds. The number of hydrogen-bond donors (Lipinski definition) is 2. The summed E-state index contributed by atoms with van der Waals surface area (Å²) in [5.74, 6) is 0.407. The second kappa shape index (κ2) is 10.9. The quantitative estimate of drug-likeness (QED) is 0.379. The van der Waals surface area contributed by atoms with Gasteiger partial charge in [-0.1, -0.05) is 12.1 Å². The van der Waals surface area contributed by atoms with Gasteiger partial charge in [-0.05, 0) is 67.8 Å². The molecular formula is C26H27N7O2. The summed E-state index contributed by atoms with van der Waals surface area (Å²) in [4.78, 5) is 16.8. The summed E-state index contributed by atoms with van der Waals surface area (Å²) in [5, 5.41) is 18.5. The van der Waals surface area contributed by atoms with Crippen molar-refractivity contribution in [2.45, 2.75) is 31.7 Å². The van der Waals surface area contributed by atoms with Gasteiger partial charge in [0.05, 0.1) is 12.2 Å². The van der Waals surface area contributed by atoms with E-state index in [1.807, 2.05) is 36.5 Å². The standard InChI is InChI=1S/C26H27N7O2/c34-25(31-22-5-1-19(2-6-22)3-8-26-32-29-18-35-26)7-4-20-15-28-14-11-24(20)21-16-30-33(17-21)23-9-12-27-13-10-23/h1-2,4-7,11,14-18,23,27H,3,8-10,12-13H2,(H,31,34). The number of piperidine rings is 1. The van der Waals surface area contributed by atoms with Gasteiger partial charge >= 0.3 is 0 Å². The number of aryl methyl sites for hydroxylation is 2. The molecule has 0 saturated carbocycles. The number of benzene rings is 1. The zero-order chi connectivity index (χ0) is 23.9. The highest BCUT2D eigenvalue weighted by molar-refractivity contribution is 6.02. The second-order valence-electron chi connectivity index (χ2n) is 8.51. The molecule has 4 aromatic rings. The minimum absolute atomic E-state index is 0.205. The Labute approximate surface area is 203 Å². The SMILES string of the molecule is O=C(C=Cc1cnccc1-c1cnn(C2CCNCC2)c1)Nc1ccc(CCc2nnco2)cc1. The Balaban J connectivity index is 1.21. The van der Waals surface area contributed by atoms with Crippen molar-refractivity contribution in [3.8, 4) is 11.1 Å². The molecule has 9 heteroatoms. The molecule has 1 aliphatic heterocycles. The molecule has 4 heterocycles. The van der Waals surface area contributed by atoms with Gasteiger partial charge < -0.3 is 15.1 Å². The van der Waals surface area contributed by atoms with E-state index in [2.05, 4.69) is 41.8 Å². The third-order valence-electron chi connectivity index (χ3n) is 6.12. The molecule has 0 radical (unpaired) electrons. The first kappa shape index (κ1) is 22.7. The number of hydrogen-bond acceptors (Lipinski definition) is 7. The maximum atomic E-state index is 12.5. The van der Waals surface area contributed by atoms with Crippen molar-refractivity contribution in [2.75, 3.05) is 18.4 Å². The Kier molecular flexibility index (Phi) is 7.05. The van der Waals surface area contributed by atoms with Crippen LogP contribution >= 0.6 is 0 Å². The number of aromatic nitrogens is 5. The zero-order valence-corrected chi connectivity index (χ0v) is 19.3. The van der Waals surface area contributed by atoms with Crippen LogP contribution in [-0.2, 0) is 17.6 Å². The van der Waals surface area contributed by atoms with Crippen molar-refractivity contribution in [3.63, 3.8) is 0 Å². The molecule has 1 aromatic carbocycles. The molecule has 178 valence electrons. The van der Waals surface area contributed by atoms with E-state index in [1.54, 1.807) is 18.5 Å². The summed E-state index contributed by atoms with van der Waals surface area (Å²) < 4.78 is 7.22. The fourth-order valence-electron chi connectivity index (χ4n) is 4.21. The van der Waals surface area contributed by atoms with Crippen molar-refractivity contribution in [1.29, 1.82) is 0 Å². The van der Waals surface area contributed by atoms with E-state index in [0.29, 0.717) is 18.4 Å². The molecule has 9 nitrogen and oxygen atoms in total. The number of anilines is 1. The first-order valence-corrected chi connectivity index (χ1v) is 11.8. The van der Waals surface area contributed by atoms with Gasteiger partial charge in [0.2, 0.25) is 18.2 Å². The van der Waals surface area contributed by atoms with Crippen LogP contribution in [0.1, 0.15) is 35.9 Å². The number of nitrogens with one attached hydrogen (secondary N) is 2. The highest BCUT2D eigenvalue weighted by atomic mass is 16.4. The Morgan fingerprint density at radius 1 is 1.14 bits per heavy atom. The highest BCUT2D eigenvalue weighted by Gasteiger charge is 2.16. The number of carbonyl (C=O) groups is 1. The number of nitrogens with zero attached hydrogens (tertiary/aromatic N) is 5. The fraction of sp³-hybridized carbons (Fsp3) is 0.269. The molecule has 3 aromatic heterocycles. The van der Waals surface area contributed by atoms with Crippen LogP contribution in [0.4, 0.5) is 5.69 Å². The highest BCUT2D eigenvalue weighted by Crippen LogP contribution is 2.26. The summed E-state index contributed by atoms with van der Waals surface area (Å²) in [6.45, 7) is 2.03. The molecule has 1 aliphatic rings. The third kappa shape index (κ3) is 5.88. The number of rotatable bonds is 8. The van der Waals surface area contributed by atoms with Crippen molar-refractivity contribution in [2.24, 2.45) is 0 Å². The van der Waals surface area contributed by atoms with Crippen LogP contribution < -0.4 is 10.6 Å². The van der Waals surface area contributed by atoms with Crippen LogP contribution in [0.5, 0.6) is 0 Å². The lowest BCUT2D eigenvalue weighted by atomic mass is 10.0. The summed E-state index contributed by atoms with van der Waals surface area (Å²) in [7, 11) is 0. The smallest absolute Gasteiger partial charge is 0.248 e. The second-order valence-corrected chi connectivity index (χ2v) is 8.51. The van der Waals surface area contributed by atoms with E-state index in [-0.39, 0.29) is 5.91 Å². The van der Waals surface area contributed by atoms with Gasteiger partial charge in [0.25, 0.3) is 0 Å². The predicted octanol–water partition coefficient (Wildman–Crippen LogP) is 3.69. The normalized spacial score (nSPS) is 14.4. The molecule has 0 bridgehead atoms. The third-order valence-corrected chi connectivity index (χ3v) is 6.12. The van der Waals surface area contributed by atoms with Crippen LogP contribution in [0.25, 0.3) is 17.2 Å². The topological polar surface area (TPSA) is 111 Å². The van der Waals surface area contributed by atoms with Crippen molar-refractivity contribution >= 4 is 17.7 Å². The van der Waals surface area contributed by atoms with Gasteiger partial charge in [0.15, 0.2) is 0 Å². The van der Waals surface area contributed by atoms with Crippen LogP contribution in [0.3, 0.4) is 0 Å². The van der Waals surface area contributed by atoms with E-state index in [9.17, 15) is 4.79 Å². The molecule has 2 N–H and O–H groups in total. The summed E-state index contributed by atoms with van der Waals surface area (Å²) >= 11 is 0. The molecule has 0 aliphatic carbocycles. The lowest BCUT2D eigenvalue weighted by Crippen LogP contribution is -2.29.